The SMILES string of the molecule is CC(C)Oc1cc(Oc2ccc(Br)cc2Br)c(N)cc1F. The predicted molar refractivity (Wildman–Crippen MR) is 88.5 cm³/mol. The molecule has 2 aromatic rings. The lowest BCUT2D eigenvalue weighted by Crippen LogP contribution is -2.07. The van der Waals surface area contributed by atoms with Gasteiger partial charge in [-0.25, -0.2) is 4.39 Å². The van der Waals surface area contributed by atoms with E-state index in [2.05, 4.69) is 31.9 Å². The number of hydrogen-bond acceptors (Lipinski definition) is 3. The molecule has 2 N–H and O–H groups in total. The zero-order valence-corrected chi connectivity index (χ0v) is 14.7. The van der Waals surface area contributed by atoms with Crippen LogP contribution in [0.5, 0.6) is 17.2 Å². The van der Waals surface area contributed by atoms with Gasteiger partial charge >= 0.3 is 0 Å². The van der Waals surface area contributed by atoms with Crippen LogP contribution in [0.4, 0.5) is 10.1 Å². The van der Waals surface area contributed by atoms with Crippen LogP contribution in [0.2, 0.25) is 0 Å². The summed E-state index contributed by atoms with van der Waals surface area (Å²) in [6.07, 6.45) is -0.143. The van der Waals surface area contributed by atoms with Crippen LogP contribution in [0.25, 0.3) is 0 Å². The number of ether oxygens (including phenoxy) is 2. The van der Waals surface area contributed by atoms with Crippen LogP contribution >= 0.6 is 31.9 Å². The molecule has 2 aromatic carbocycles. The Kier molecular flexibility index (Phi) is 5.11. The van der Waals surface area contributed by atoms with Crippen LogP contribution < -0.4 is 15.2 Å². The van der Waals surface area contributed by atoms with E-state index in [1.807, 2.05) is 26.0 Å². The maximum atomic E-state index is 13.8. The van der Waals surface area contributed by atoms with Crippen LogP contribution in [-0.4, -0.2) is 6.10 Å². The lowest BCUT2D eigenvalue weighted by Gasteiger charge is -2.15. The first-order chi connectivity index (χ1) is 9.86. The maximum absolute atomic E-state index is 13.8. The standard InChI is InChI=1S/C15H14Br2FNO2/c1-8(2)20-14-7-15(12(19)6-11(14)18)21-13-4-3-9(16)5-10(13)17/h3-8H,19H2,1-2H3. The highest BCUT2D eigenvalue weighted by atomic mass is 79.9. The second-order valence-corrected chi connectivity index (χ2v) is 6.43. The molecule has 0 aliphatic rings. The first-order valence-corrected chi connectivity index (χ1v) is 7.84. The predicted octanol–water partition coefficient (Wildman–Crippen LogP) is 5.51. The van der Waals surface area contributed by atoms with Gasteiger partial charge in [0.2, 0.25) is 0 Å². The van der Waals surface area contributed by atoms with E-state index in [4.69, 9.17) is 15.2 Å². The zero-order valence-electron chi connectivity index (χ0n) is 11.5. The van der Waals surface area contributed by atoms with E-state index in [1.54, 1.807) is 6.07 Å². The van der Waals surface area contributed by atoms with Crippen molar-refractivity contribution < 1.29 is 13.9 Å². The lowest BCUT2D eigenvalue weighted by atomic mass is 10.2. The van der Waals surface area contributed by atoms with E-state index in [0.29, 0.717) is 11.5 Å². The molecule has 0 aliphatic heterocycles. The van der Waals surface area contributed by atoms with Crippen LogP contribution in [0.15, 0.2) is 39.3 Å². The summed E-state index contributed by atoms with van der Waals surface area (Å²) < 4.78 is 26.6. The Morgan fingerprint density at radius 1 is 1.05 bits per heavy atom. The molecule has 6 heteroatoms. The molecule has 3 nitrogen and oxygen atoms in total. The molecule has 0 unspecified atom stereocenters. The normalized spacial score (nSPS) is 10.8. The van der Waals surface area contributed by atoms with Crippen LogP contribution in [-0.2, 0) is 0 Å². The molecule has 112 valence electrons. The molecule has 0 bridgehead atoms. The average molecular weight is 419 g/mol. The summed E-state index contributed by atoms with van der Waals surface area (Å²) in [5.41, 5.74) is 6.01. The number of benzene rings is 2. The van der Waals surface area contributed by atoms with Crippen LogP contribution in [0, 0.1) is 5.82 Å². The van der Waals surface area contributed by atoms with E-state index in [-0.39, 0.29) is 17.5 Å². The third-order valence-corrected chi connectivity index (χ3v) is 3.65. The van der Waals surface area contributed by atoms with Crippen molar-refractivity contribution in [2.45, 2.75) is 20.0 Å². The number of halogens is 3. The van der Waals surface area contributed by atoms with Crippen LogP contribution in [0.3, 0.4) is 0 Å². The minimum Gasteiger partial charge on any atom is -0.488 e. The van der Waals surface area contributed by atoms with Gasteiger partial charge in [-0.1, -0.05) is 15.9 Å². The molecule has 0 heterocycles. The molecule has 21 heavy (non-hydrogen) atoms. The number of rotatable bonds is 4. The topological polar surface area (TPSA) is 44.5 Å². The Bertz CT molecular complexity index is 662. The molecule has 0 spiro atoms. The Morgan fingerprint density at radius 2 is 1.76 bits per heavy atom. The molecule has 0 amide bonds. The lowest BCUT2D eigenvalue weighted by molar-refractivity contribution is 0.230. The Morgan fingerprint density at radius 3 is 2.38 bits per heavy atom. The van der Waals surface area contributed by atoms with Gasteiger partial charge in [0.05, 0.1) is 16.3 Å². The first kappa shape index (κ1) is 16.1. The first-order valence-electron chi connectivity index (χ1n) is 6.25. The Balaban J connectivity index is 2.34. The van der Waals surface area contributed by atoms with Crippen molar-refractivity contribution in [1.29, 1.82) is 0 Å². The number of nitrogens with two attached hydrogens (primary N) is 1. The van der Waals surface area contributed by atoms with Crippen molar-refractivity contribution in [3.63, 3.8) is 0 Å². The highest BCUT2D eigenvalue weighted by Gasteiger charge is 2.13. The Labute approximate surface area is 139 Å². The number of hydrogen-bond donors (Lipinski definition) is 1. The number of nitrogen functional groups attached to an aromatic ring is 1. The third kappa shape index (κ3) is 4.11. The molecule has 0 atom stereocenters. The van der Waals surface area contributed by atoms with Crippen molar-refractivity contribution in [1.82, 2.24) is 0 Å². The summed E-state index contributed by atoms with van der Waals surface area (Å²) in [5.74, 6) is 0.521. The highest BCUT2D eigenvalue weighted by Crippen LogP contribution is 2.37. The molecule has 0 aliphatic carbocycles. The summed E-state index contributed by atoms with van der Waals surface area (Å²) in [7, 11) is 0. The largest absolute Gasteiger partial charge is 0.488 e. The van der Waals surface area contributed by atoms with Gasteiger partial charge in [-0.3, -0.25) is 0 Å². The average Bonchev–Trinajstić information content (AvgIpc) is 2.37. The van der Waals surface area contributed by atoms with Gasteiger partial charge < -0.3 is 15.2 Å². The van der Waals surface area contributed by atoms with E-state index in [0.717, 1.165) is 8.95 Å². The molecular weight excluding hydrogens is 405 g/mol. The van der Waals surface area contributed by atoms with Gasteiger partial charge in [-0.15, -0.1) is 0 Å². The summed E-state index contributed by atoms with van der Waals surface area (Å²) in [5, 5.41) is 0. The summed E-state index contributed by atoms with van der Waals surface area (Å²) in [6.45, 7) is 3.64. The Hall–Kier alpha value is -1.27. The van der Waals surface area contributed by atoms with Gasteiger partial charge in [-0.05, 0) is 48.0 Å². The molecule has 2 rings (SSSR count). The fourth-order valence-electron chi connectivity index (χ4n) is 1.66. The maximum Gasteiger partial charge on any atom is 0.167 e. The van der Waals surface area contributed by atoms with Crippen molar-refractivity contribution in [2.75, 3.05) is 5.73 Å². The molecule has 0 aromatic heterocycles. The summed E-state index contributed by atoms with van der Waals surface area (Å²) in [4.78, 5) is 0. The van der Waals surface area contributed by atoms with Gasteiger partial charge in [0.15, 0.2) is 17.3 Å². The van der Waals surface area contributed by atoms with Gasteiger partial charge in [0.1, 0.15) is 5.75 Å². The fourth-order valence-corrected chi connectivity index (χ4v) is 2.79. The van der Waals surface area contributed by atoms with E-state index < -0.39 is 5.82 Å². The van der Waals surface area contributed by atoms with E-state index >= 15 is 0 Å². The van der Waals surface area contributed by atoms with E-state index in [9.17, 15) is 4.39 Å². The summed E-state index contributed by atoms with van der Waals surface area (Å²) in [6, 6.07) is 8.12. The van der Waals surface area contributed by atoms with E-state index in [1.165, 1.54) is 12.1 Å². The van der Waals surface area contributed by atoms with Crippen molar-refractivity contribution in [3.05, 3.63) is 45.1 Å². The summed E-state index contributed by atoms with van der Waals surface area (Å²) >= 11 is 6.77. The van der Waals surface area contributed by atoms with Gasteiger partial charge in [-0.2, -0.15) is 0 Å². The van der Waals surface area contributed by atoms with Crippen LogP contribution in [0.1, 0.15) is 13.8 Å². The van der Waals surface area contributed by atoms with Gasteiger partial charge in [0.25, 0.3) is 0 Å². The second kappa shape index (κ2) is 6.66. The molecule has 0 fully saturated rings. The van der Waals surface area contributed by atoms with Crippen molar-refractivity contribution >= 4 is 37.5 Å². The molecule has 0 saturated heterocycles. The van der Waals surface area contributed by atoms with Gasteiger partial charge in [0, 0.05) is 16.6 Å². The highest BCUT2D eigenvalue weighted by molar-refractivity contribution is 9.11. The third-order valence-electron chi connectivity index (χ3n) is 2.54. The van der Waals surface area contributed by atoms with Crippen molar-refractivity contribution in [2.24, 2.45) is 0 Å². The minimum atomic E-state index is -0.511. The molecule has 0 radical (unpaired) electrons. The molecule has 0 saturated carbocycles. The number of anilines is 1. The monoisotopic (exact) mass is 417 g/mol. The molecular formula is C15H14Br2FNO2. The minimum absolute atomic E-state index is 0.113. The zero-order chi connectivity index (χ0) is 15.6. The second-order valence-electron chi connectivity index (χ2n) is 4.66. The smallest absolute Gasteiger partial charge is 0.167 e. The fraction of sp³-hybridized carbons (Fsp3) is 0.200. The quantitative estimate of drug-likeness (QED) is 0.665. The van der Waals surface area contributed by atoms with Crippen molar-refractivity contribution in [3.8, 4) is 17.2 Å².